The van der Waals surface area contributed by atoms with Gasteiger partial charge in [-0.25, -0.2) is 9.97 Å². The first-order valence-electron chi connectivity index (χ1n) is 16.5. The van der Waals surface area contributed by atoms with Gasteiger partial charge >= 0.3 is 0 Å². The van der Waals surface area contributed by atoms with Crippen molar-refractivity contribution in [3.05, 3.63) is 76.3 Å². The molecule has 254 valence electrons. The standard InChI is InChI=1S/C36H38Cl2N8O3/c1-46-19-21(14-39-13-20-11-23(47)12-20)34-35(46)44-28(18-42-34)26-7-3-5-24(32(26)37)25-6-4-8-27(33(25)38)29-17-41-30(36(45-29)49-2)16-40-15-22-9-10-31(48)43-22/h3-8,17-20,22-23,39-40,47H,9-16H2,1-2H3,(H,43,48)/t20-,22?,23-. The number of aliphatic hydroxyl groups is 1. The normalized spacial score (nSPS) is 18.9. The van der Waals surface area contributed by atoms with Gasteiger partial charge in [0.25, 0.3) is 0 Å². The molecule has 7 rings (SSSR count). The molecule has 5 aromatic rings. The van der Waals surface area contributed by atoms with Crippen LogP contribution in [-0.4, -0.2) is 67.9 Å². The predicted molar refractivity (Wildman–Crippen MR) is 190 cm³/mol. The molecule has 1 unspecified atom stereocenters. The molecule has 2 fully saturated rings. The van der Waals surface area contributed by atoms with Gasteiger partial charge in [-0.1, -0.05) is 59.6 Å². The lowest BCUT2D eigenvalue weighted by Gasteiger charge is -2.31. The van der Waals surface area contributed by atoms with Gasteiger partial charge in [-0.3, -0.25) is 14.8 Å². The summed E-state index contributed by atoms with van der Waals surface area (Å²) in [7, 11) is 3.53. The highest BCUT2D eigenvalue weighted by Crippen LogP contribution is 2.42. The van der Waals surface area contributed by atoms with Crippen LogP contribution >= 0.6 is 23.2 Å². The highest BCUT2D eigenvalue weighted by molar-refractivity contribution is 6.39. The van der Waals surface area contributed by atoms with Crippen LogP contribution in [-0.2, 0) is 24.9 Å². The zero-order valence-electron chi connectivity index (χ0n) is 27.3. The number of halogens is 2. The monoisotopic (exact) mass is 700 g/mol. The molecular weight excluding hydrogens is 663 g/mol. The van der Waals surface area contributed by atoms with Gasteiger partial charge in [-0.15, -0.1) is 0 Å². The third-order valence-corrected chi connectivity index (χ3v) is 10.1. The van der Waals surface area contributed by atoms with E-state index in [4.69, 9.17) is 42.9 Å². The number of methoxy groups -OCH3 is 1. The van der Waals surface area contributed by atoms with E-state index in [9.17, 15) is 9.90 Å². The SMILES string of the molecule is COc1nc(-c2cccc(-c3cccc(-c4cnc5c(CNC[C@H]6C[C@H](O)C6)cn(C)c5n4)c3Cl)c2Cl)cnc1CNCC1CCC(=O)N1. The van der Waals surface area contributed by atoms with Crippen molar-refractivity contribution in [1.82, 2.24) is 40.5 Å². The van der Waals surface area contributed by atoms with Crippen molar-refractivity contribution < 1.29 is 14.6 Å². The zero-order chi connectivity index (χ0) is 34.1. The number of rotatable bonds is 12. The molecule has 1 saturated heterocycles. The van der Waals surface area contributed by atoms with Crippen molar-refractivity contribution in [2.24, 2.45) is 13.0 Å². The number of carbonyl (C=O) groups excluding carboxylic acids is 1. The Morgan fingerprint density at radius 2 is 1.59 bits per heavy atom. The first kappa shape index (κ1) is 33.4. The molecule has 1 saturated carbocycles. The Morgan fingerprint density at radius 3 is 2.24 bits per heavy atom. The molecule has 1 aliphatic heterocycles. The molecule has 2 aromatic carbocycles. The fourth-order valence-corrected chi connectivity index (χ4v) is 7.28. The molecule has 1 aliphatic carbocycles. The van der Waals surface area contributed by atoms with Crippen LogP contribution in [0.15, 0.2) is 55.0 Å². The Balaban J connectivity index is 1.11. The summed E-state index contributed by atoms with van der Waals surface area (Å²) in [5.74, 6) is 1.01. The summed E-state index contributed by atoms with van der Waals surface area (Å²) in [6, 6.07) is 11.7. The Morgan fingerprint density at radius 1 is 0.939 bits per heavy atom. The number of fused-ring (bicyclic) bond motifs is 1. The lowest BCUT2D eigenvalue weighted by atomic mass is 9.82. The Kier molecular flexibility index (Phi) is 9.80. The number of carbonyl (C=O) groups is 1. The molecule has 0 radical (unpaired) electrons. The van der Waals surface area contributed by atoms with Crippen molar-refractivity contribution >= 4 is 40.3 Å². The second kappa shape index (κ2) is 14.4. The molecule has 11 nitrogen and oxygen atoms in total. The number of ether oxygens (including phenoxy) is 1. The van der Waals surface area contributed by atoms with Gasteiger partial charge in [0.05, 0.1) is 47.0 Å². The molecule has 4 heterocycles. The van der Waals surface area contributed by atoms with E-state index in [1.54, 1.807) is 19.5 Å². The number of hydrogen-bond acceptors (Lipinski definition) is 9. The van der Waals surface area contributed by atoms with Crippen LogP contribution in [0.5, 0.6) is 5.88 Å². The number of aryl methyl sites for hydroxylation is 1. The van der Waals surface area contributed by atoms with Gasteiger partial charge in [-0.2, -0.15) is 0 Å². The Labute approximate surface area is 294 Å². The maximum atomic E-state index is 11.5. The molecule has 13 heteroatoms. The number of benzene rings is 2. The molecule has 4 N–H and O–H groups in total. The van der Waals surface area contributed by atoms with Crippen molar-refractivity contribution in [1.29, 1.82) is 0 Å². The second-order valence-electron chi connectivity index (χ2n) is 12.8. The van der Waals surface area contributed by atoms with Crippen LogP contribution in [0.2, 0.25) is 10.0 Å². The highest BCUT2D eigenvalue weighted by atomic mass is 35.5. The molecule has 1 amide bonds. The summed E-state index contributed by atoms with van der Waals surface area (Å²) in [5.41, 5.74) is 7.51. The van der Waals surface area contributed by atoms with E-state index in [0.29, 0.717) is 70.5 Å². The van der Waals surface area contributed by atoms with E-state index in [-0.39, 0.29) is 18.1 Å². The fourth-order valence-electron chi connectivity index (χ4n) is 6.63. The van der Waals surface area contributed by atoms with Gasteiger partial charge < -0.3 is 30.4 Å². The van der Waals surface area contributed by atoms with E-state index in [1.807, 2.05) is 48.0 Å². The van der Waals surface area contributed by atoms with Crippen LogP contribution in [0.3, 0.4) is 0 Å². The summed E-state index contributed by atoms with van der Waals surface area (Å²) >= 11 is 14.2. The Hall–Kier alpha value is -4.13. The lowest BCUT2D eigenvalue weighted by molar-refractivity contribution is -0.119. The van der Waals surface area contributed by atoms with E-state index in [1.165, 1.54) is 0 Å². The van der Waals surface area contributed by atoms with Gasteiger partial charge in [-0.05, 0) is 31.7 Å². The number of nitrogens with one attached hydrogen (secondary N) is 3. The van der Waals surface area contributed by atoms with Crippen LogP contribution in [0.4, 0.5) is 0 Å². The molecular formula is C36H38Cl2N8O3. The quantitative estimate of drug-likeness (QED) is 0.137. The average Bonchev–Trinajstić information content (AvgIpc) is 3.65. The van der Waals surface area contributed by atoms with Crippen LogP contribution in [0.25, 0.3) is 44.8 Å². The molecule has 0 spiro atoms. The molecule has 0 bridgehead atoms. The third-order valence-electron chi connectivity index (χ3n) is 9.31. The van der Waals surface area contributed by atoms with E-state index < -0.39 is 0 Å². The fraction of sp³-hybridized carbons (Fsp3) is 0.361. The summed E-state index contributed by atoms with van der Waals surface area (Å²) in [6.07, 6.45) is 8.45. The minimum absolute atomic E-state index is 0.0865. The average molecular weight is 702 g/mol. The molecule has 49 heavy (non-hydrogen) atoms. The maximum absolute atomic E-state index is 11.5. The van der Waals surface area contributed by atoms with Gasteiger partial charge in [0, 0.05) is 73.2 Å². The van der Waals surface area contributed by atoms with Gasteiger partial charge in [0.1, 0.15) is 11.2 Å². The van der Waals surface area contributed by atoms with Crippen molar-refractivity contribution in [3.8, 4) is 39.5 Å². The van der Waals surface area contributed by atoms with E-state index in [0.717, 1.165) is 59.2 Å². The smallest absolute Gasteiger partial charge is 0.237 e. The number of aliphatic hydroxyl groups excluding tert-OH is 1. The number of amides is 1. The predicted octanol–water partition coefficient (Wildman–Crippen LogP) is 5.30. The van der Waals surface area contributed by atoms with Gasteiger partial charge in [0.2, 0.25) is 11.8 Å². The van der Waals surface area contributed by atoms with E-state index in [2.05, 4.69) is 27.1 Å². The summed E-state index contributed by atoms with van der Waals surface area (Å²) in [4.78, 5) is 30.6. The zero-order valence-corrected chi connectivity index (χ0v) is 28.9. The van der Waals surface area contributed by atoms with Crippen LogP contribution in [0.1, 0.15) is 36.9 Å². The molecule has 1 atom stereocenters. The Bertz CT molecular complexity index is 2010. The maximum Gasteiger partial charge on any atom is 0.237 e. The number of hydrogen-bond donors (Lipinski definition) is 4. The van der Waals surface area contributed by atoms with Crippen molar-refractivity contribution in [2.75, 3.05) is 20.2 Å². The molecule has 3 aromatic heterocycles. The number of nitrogens with zero attached hydrogens (tertiary/aromatic N) is 5. The van der Waals surface area contributed by atoms with E-state index >= 15 is 0 Å². The van der Waals surface area contributed by atoms with Crippen LogP contribution in [0, 0.1) is 5.92 Å². The van der Waals surface area contributed by atoms with Gasteiger partial charge in [0.15, 0.2) is 5.65 Å². The van der Waals surface area contributed by atoms with Crippen LogP contribution < -0.4 is 20.7 Å². The summed E-state index contributed by atoms with van der Waals surface area (Å²) in [5, 5.41) is 20.4. The molecule has 2 aliphatic rings. The first-order chi connectivity index (χ1) is 23.8. The highest BCUT2D eigenvalue weighted by Gasteiger charge is 2.27. The minimum atomic E-state index is -0.150. The first-order valence-corrected chi connectivity index (χ1v) is 17.2. The lowest BCUT2D eigenvalue weighted by Crippen LogP contribution is -2.35. The second-order valence-corrected chi connectivity index (χ2v) is 13.6. The largest absolute Gasteiger partial charge is 0.480 e. The minimum Gasteiger partial charge on any atom is -0.480 e. The summed E-state index contributed by atoms with van der Waals surface area (Å²) < 4.78 is 7.58. The van der Waals surface area contributed by atoms with Crippen molar-refractivity contribution in [3.63, 3.8) is 0 Å². The van der Waals surface area contributed by atoms with Crippen molar-refractivity contribution in [2.45, 2.75) is 50.9 Å². The number of aromatic nitrogens is 5. The third kappa shape index (κ3) is 6.99. The summed E-state index contributed by atoms with van der Waals surface area (Å²) in [6.45, 7) is 2.64. The topological polar surface area (TPSA) is 139 Å².